The maximum Gasteiger partial charge on any atom is 0.257 e. The predicted molar refractivity (Wildman–Crippen MR) is 112 cm³/mol. The highest BCUT2D eigenvalue weighted by Gasteiger charge is 2.24. The van der Waals surface area contributed by atoms with E-state index in [1.807, 2.05) is 25.1 Å². The minimum Gasteiger partial charge on any atom is -0.494 e. The van der Waals surface area contributed by atoms with E-state index >= 15 is 0 Å². The van der Waals surface area contributed by atoms with Crippen molar-refractivity contribution in [1.82, 2.24) is 4.98 Å². The van der Waals surface area contributed by atoms with Crippen LogP contribution >= 0.6 is 22.9 Å². The molecule has 0 unspecified atom stereocenters. The van der Waals surface area contributed by atoms with E-state index in [9.17, 15) is 9.59 Å². The molecule has 2 amide bonds. The van der Waals surface area contributed by atoms with Crippen molar-refractivity contribution in [3.05, 3.63) is 47.0 Å². The number of ether oxygens (including phenoxy) is 1. The van der Waals surface area contributed by atoms with Crippen molar-refractivity contribution < 1.29 is 14.3 Å². The van der Waals surface area contributed by atoms with Gasteiger partial charge in [0.2, 0.25) is 5.91 Å². The van der Waals surface area contributed by atoms with Crippen LogP contribution in [0.15, 0.2) is 36.4 Å². The lowest BCUT2D eigenvalue weighted by Gasteiger charge is -2.18. The second-order valence-electron chi connectivity index (χ2n) is 6.35. The molecular formula is C20H18ClN3O3S. The van der Waals surface area contributed by atoms with Gasteiger partial charge in [-0.2, -0.15) is 0 Å². The number of thiazole rings is 1. The van der Waals surface area contributed by atoms with Crippen LogP contribution in [0.4, 0.5) is 10.8 Å². The Labute approximate surface area is 171 Å². The van der Waals surface area contributed by atoms with E-state index in [1.54, 1.807) is 23.1 Å². The monoisotopic (exact) mass is 415 g/mol. The van der Waals surface area contributed by atoms with Gasteiger partial charge in [0.15, 0.2) is 5.13 Å². The Morgan fingerprint density at radius 2 is 2.18 bits per heavy atom. The van der Waals surface area contributed by atoms with E-state index in [0.717, 1.165) is 22.4 Å². The molecule has 1 N–H and O–H groups in total. The number of carbonyl (C=O) groups is 2. The van der Waals surface area contributed by atoms with Gasteiger partial charge in [-0.25, -0.2) is 4.98 Å². The molecular weight excluding hydrogens is 398 g/mol. The van der Waals surface area contributed by atoms with Gasteiger partial charge < -0.3 is 9.64 Å². The predicted octanol–water partition coefficient (Wildman–Crippen LogP) is 4.73. The summed E-state index contributed by atoms with van der Waals surface area (Å²) in [5.41, 5.74) is 1.79. The lowest BCUT2D eigenvalue weighted by atomic mass is 10.1. The van der Waals surface area contributed by atoms with E-state index in [1.165, 1.54) is 11.3 Å². The molecule has 3 aromatic rings. The number of aromatic nitrogens is 1. The van der Waals surface area contributed by atoms with Gasteiger partial charge in [0.1, 0.15) is 5.75 Å². The highest BCUT2D eigenvalue weighted by atomic mass is 35.5. The van der Waals surface area contributed by atoms with Crippen LogP contribution in [-0.4, -0.2) is 29.9 Å². The highest BCUT2D eigenvalue weighted by molar-refractivity contribution is 7.22. The molecule has 2 aromatic carbocycles. The molecule has 1 aliphatic rings. The Balaban J connectivity index is 1.56. The van der Waals surface area contributed by atoms with E-state index in [2.05, 4.69) is 10.3 Å². The summed E-state index contributed by atoms with van der Waals surface area (Å²) in [6, 6.07) is 10.6. The third-order valence-electron chi connectivity index (χ3n) is 4.46. The van der Waals surface area contributed by atoms with E-state index < -0.39 is 0 Å². The van der Waals surface area contributed by atoms with Crippen LogP contribution in [0.2, 0.25) is 5.02 Å². The summed E-state index contributed by atoms with van der Waals surface area (Å²) in [6.07, 6.45) is 1.29. The van der Waals surface area contributed by atoms with Crippen molar-refractivity contribution in [2.75, 3.05) is 23.4 Å². The van der Waals surface area contributed by atoms with E-state index in [-0.39, 0.29) is 11.8 Å². The van der Waals surface area contributed by atoms with Gasteiger partial charge in [0, 0.05) is 18.5 Å². The zero-order valence-electron chi connectivity index (χ0n) is 15.2. The number of fused-ring (bicyclic) bond motifs is 1. The Hall–Kier alpha value is -2.64. The van der Waals surface area contributed by atoms with Crippen LogP contribution in [0, 0.1) is 0 Å². The Bertz CT molecular complexity index is 1070. The Morgan fingerprint density at radius 1 is 1.32 bits per heavy atom. The van der Waals surface area contributed by atoms with Gasteiger partial charge in [-0.1, -0.05) is 22.9 Å². The SMILES string of the molecule is CCOc1ccc2nc(NC(=O)c3ccc(Cl)c(N4CCCC4=O)c3)sc2c1. The molecule has 8 heteroatoms. The number of anilines is 2. The molecule has 1 aromatic heterocycles. The molecule has 0 atom stereocenters. The maximum atomic E-state index is 12.7. The summed E-state index contributed by atoms with van der Waals surface area (Å²) in [5.74, 6) is 0.499. The quantitative estimate of drug-likeness (QED) is 0.654. The lowest BCUT2D eigenvalue weighted by molar-refractivity contribution is -0.117. The summed E-state index contributed by atoms with van der Waals surface area (Å²) in [6.45, 7) is 3.13. The number of nitrogens with zero attached hydrogens (tertiary/aromatic N) is 2. The number of hydrogen-bond acceptors (Lipinski definition) is 5. The summed E-state index contributed by atoms with van der Waals surface area (Å²) in [4.78, 5) is 30.8. The van der Waals surface area contributed by atoms with E-state index in [4.69, 9.17) is 16.3 Å². The summed E-state index contributed by atoms with van der Waals surface area (Å²) < 4.78 is 6.43. The van der Waals surface area contributed by atoms with Crippen molar-refractivity contribution in [2.45, 2.75) is 19.8 Å². The van der Waals surface area contributed by atoms with Gasteiger partial charge in [-0.05, 0) is 49.7 Å². The molecule has 1 fully saturated rings. The second-order valence-corrected chi connectivity index (χ2v) is 7.79. The van der Waals surface area contributed by atoms with Crippen molar-refractivity contribution in [3.8, 4) is 5.75 Å². The molecule has 2 heterocycles. The fourth-order valence-electron chi connectivity index (χ4n) is 3.15. The molecule has 6 nitrogen and oxygen atoms in total. The topological polar surface area (TPSA) is 71.5 Å². The number of hydrogen-bond donors (Lipinski definition) is 1. The molecule has 0 saturated carbocycles. The van der Waals surface area contributed by atoms with Crippen LogP contribution in [0.5, 0.6) is 5.75 Å². The molecule has 0 bridgehead atoms. The fraction of sp³-hybridized carbons (Fsp3) is 0.250. The largest absolute Gasteiger partial charge is 0.494 e. The number of amides is 2. The average Bonchev–Trinajstić information content (AvgIpc) is 3.27. The molecule has 1 saturated heterocycles. The lowest BCUT2D eigenvalue weighted by Crippen LogP contribution is -2.24. The molecule has 0 spiro atoms. The third kappa shape index (κ3) is 3.68. The average molecular weight is 416 g/mol. The first-order valence-electron chi connectivity index (χ1n) is 9.00. The van der Waals surface area contributed by atoms with Crippen LogP contribution in [0.3, 0.4) is 0 Å². The maximum absolute atomic E-state index is 12.7. The second kappa shape index (κ2) is 7.77. The Kier molecular flexibility index (Phi) is 5.19. The minimum atomic E-state index is -0.298. The van der Waals surface area contributed by atoms with Crippen LogP contribution in [-0.2, 0) is 4.79 Å². The van der Waals surface area contributed by atoms with Crippen molar-refractivity contribution >= 4 is 55.8 Å². The van der Waals surface area contributed by atoms with Crippen molar-refractivity contribution in [3.63, 3.8) is 0 Å². The minimum absolute atomic E-state index is 0.0238. The van der Waals surface area contributed by atoms with Gasteiger partial charge in [-0.15, -0.1) is 0 Å². The number of rotatable bonds is 5. The number of benzene rings is 2. The molecule has 4 rings (SSSR count). The van der Waals surface area contributed by atoms with Crippen LogP contribution < -0.4 is 15.0 Å². The first kappa shape index (κ1) is 18.7. The van der Waals surface area contributed by atoms with Gasteiger partial charge in [0.25, 0.3) is 5.91 Å². The van der Waals surface area contributed by atoms with Crippen molar-refractivity contribution in [2.24, 2.45) is 0 Å². The highest BCUT2D eigenvalue weighted by Crippen LogP contribution is 2.32. The zero-order valence-corrected chi connectivity index (χ0v) is 16.8. The molecule has 0 radical (unpaired) electrons. The number of halogens is 1. The standard InChI is InChI=1S/C20H18ClN3O3S/c1-2-27-13-6-8-15-17(11-13)28-20(22-15)23-19(26)12-5-7-14(21)16(10-12)24-9-3-4-18(24)25/h5-8,10-11H,2-4,9H2,1H3,(H,22,23,26). The van der Waals surface area contributed by atoms with Crippen LogP contribution in [0.25, 0.3) is 10.2 Å². The molecule has 0 aliphatic carbocycles. The molecule has 144 valence electrons. The van der Waals surface area contributed by atoms with Crippen molar-refractivity contribution in [1.29, 1.82) is 0 Å². The van der Waals surface area contributed by atoms with Gasteiger partial charge >= 0.3 is 0 Å². The van der Waals surface area contributed by atoms with E-state index in [0.29, 0.717) is 41.0 Å². The molecule has 1 aliphatic heterocycles. The first-order chi connectivity index (χ1) is 13.5. The first-order valence-corrected chi connectivity index (χ1v) is 10.2. The van der Waals surface area contributed by atoms with Gasteiger partial charge in [0.05, 0.1) is 27.5 Å². The summed E-state index contributed by atoms with van der Waals surface area (Å²) in [5, 5.41) is 3.78. The van der Waals surface area contributed by atoms with Crippen LogP contribution in [0.1, 0.15) is 30.1 Å². The summed E-state index contributed by atoms with van der Waals surface area (Å²) >= 11 is 7.63. The number of carbonyl (C=O) groups excluding carboxylic acids is 2. The summed E-state index contributed by atoms with van der Waals surface area (Å²) in [7, 11) is 0. The van der Waals surface area contributed by atoms with Gasteiger partial charge in [-0.3, -0.25) is 14.9 Å². The fourth-order valence-corrected chi connectivity index (χ4v) is 4.26. The zero-order chi connectivity index (χ0) is 19.7. The Morgan fingerprint density at radius 3 is 2.93 bits per heavy atom. The number of nitrogens with one attached hydrogen (secondary N) is 1. The third-order valence-corrected chi connectivity index (χ3v) is 5.72. The molecule has 28 heavy (non-hydrogen) atoms. The smallest absolute Gasteiger partial charge is 0.257 e. The normalized spacial score (nSPS) is 13.9.